The van der Waals surface area contributed by atoms with E-state index in [9.17, 15) is 9.59 Å². The van der Waals surface area contributed by atoms with Crippen LogP contribution in [-0.2, 0) is 6.54 Å². The van der Waals surface area contributed by atoms with Gasteiger partial charge in [-0.15, -0.1) is 11.3 Å². The van der Waals surface area contributed by atoms with Crippen molar-refractivity contribution < 1.29 is 14.0 Å². The highest BCUT2D eigenvalue weighted by atomic mass is 32.1. The Morgan fingerprint density at radius 2 is 2.21 bits per heavy atom. The van der Waals surface area contributed by atoms with Crippen molar-refractivity contribution in [1.29, 1.82) is 0 Å². The summed E-state index contributed by atoms with van der Waals surface area (Å²) in [6, 6.07) is 7.35. The molecule has 3 heterocycles. The fourth-order valence-corrected chi connectivity index (χ4v) is 4.37. The lowest BCUT2D eigenvalue weighted by Crippen LogP contribution is -2.54. The Morgan fingerprint density at radius 1 is 1.29 bits per heavy atom. The van der Waals surface area contributed by atoms with Gasteiger partial charge in [-0.2, -0.15) is 0 Å². The molecule has 0 radical (unpaired) electrons. The third kappa shape index (κ3) is 2.91. The molecule has 2 fully saturated rings. The van der Waals surface area contributed by atoms with Crippen LogP contribution in [0.3, 0.4) is 0 Å². The second-order valence-corrected chi connectivity index (χ2v) is 7.30. The molecule has 24 heavy (non-hydrogen) atoms. The van der Waals surface area contributed by atoms with Gasteiger partial charge in [-0.3, -0.25) is 4.79 Å². The number of urea groups is 1. The van der Waals surface area contributed by atoms with Crippen LogP contribution >= 0.6 is 11.3 Å². The van der Waals surface area contributed by atoms with Gasteiger partial charge in [0.1, 0.15) is 5.76 Å². The molecule has 3 atom stereocenters. The molecule has 1 aliphatic carbocycles. The smallest absolute Gasteiger partial charge is 0.318 e. The van der Waals surface area contributed by atoms with E-state index in [4.69, 9.17) is 4.42 Å². The van der Waals surface area contributed by atoms with E-state index in [1.165, 1.54) is 11.3 Å². The number of rotatable bonds is 4. The lowest BCUT2D eigenvalue weighted by atomic mass is 10.1. The van der Waals surface area contributed by atoms with Crippen LogP contribution < -0.4 is 10.6 Å². The van der Waals surface area contributed by atoms with Crippen LogP contribution in [0.2, 0.25) is 0 Å². The van der Waals surface area contributed by atoms with Crippen LogP contribution in [0.25, 0.3) is 0 Å². The number of hydrogen-bond acceptors (Lipinski definition) is 4. The number of furan rings is 1. The van der Waals surface area contributed by atoms with Gasteiger partial charge in [-0.1, -0.05) is 6.07 Å². The third-order valence-electron chi connectivity index (χ3n) is 4.80. The molecular formula is C17H19N3O3S. The topological polar surface area (TPSA) is 74.6 Å². The molecule has 1 aliphatic heterocycles. The molecule has 0 unspecified atom stereocenters. The molecule has 2 aliphatic rings. The average Bonchev–Trinajstić information content (AvgIpc) is 3.36. The quantitative estimate of drug-likeness (QED) is 0.894. The first-order valence-electron chi connectivity index (χ1n) is 8.12. The summed E-state index contributed by atoms with van der Waals surface area (Å²) in [5.74, 6) is 1.16. The maximum atomic E-state index is 12.5. The Bertz CT molecular complexity index is 714. The van der Waals surface area contributed by atoms with E-state index in [-0.39, 0.29) is 24.0 Å². The summed E-state index contributed by atoms with van der Waals surface area (Å²) in [6.45, 7) is 1.14. The van der Waals surface area contributed by atoms with Crippen LogP contribution in [0.4, 0.5) is 4.79 Å². The van der Waals surface area contributed by atoms with Crippen molar-refractivity contribution in [3.63, 3.8) is 0 Å². The Balaban J connectivity index is 1.36. The molecule has 3 amide bonds. The van der Waals surface area contributed by atoms with Gasteiger partial charge in [0.05, 0.1) is 29.8 Å². The molecule has 0 spiro atoms. The van der Waals surface area contributed by atoms with Gasteiger partial charge in [-0.05, 0) is 42.3 Å². The first-order chi connectivity index (χ1) is 11.7. The summed E-state index contributed by atoms with van der Waals surface area (Å²) in [5.41, 5.74) is 0. The Morgan fingerprint density at radius 3 is 2.92 bits per heavy atom. The summed E-state index contributed by atoms with van der Waals surface area (Å²) in [4.78, 5) is 27.3. The summed E-state index contributed by atoms with van der Waals surface area (Å²) < 4.78 is 5.23. The van der Waals surface area contributed by atoms with Crippen LogP contribution in [-0.4, -0.2) is 35.5 Å². The lowest BCUT2D eigenvalue weighted by molar-refractivity contribution is 0.0906. The van der Waals surface area contributed by atoms with Crippen molar-refractivity contribution in [3.8, 4) is 0 Å². The second kappa shape index (κ2) is 6.32. The number of thiophene rings is 1. The van der Waals surface area contributed by atoms with Crippen LogP contribution in [0, 0.1) is 5.92 Å². The van der Waals surface area contributed by atoms with Gasteiger partial charge in [-0.25, -0.2) is 4.79 Å². The molecule has 6 nitrogen and oxygen atoms in total. The molecule has 0 aromatic carbocycles. The van der Waals surface area contributed by atoms with Crippen molar-refractivity contribution in [1.82, 2.24) is 15.5 Å². The van der Waals surface area contributed by atoms with Crippen molar-refractivity contribution in [2.75, 3.05) is 6.54 Å². The maximum absolute atomic E-state index is 12.5. The number of carbonyl (C=O) groups is 2. The molecule has 2 N–H and O–H groups in total. The highest BCUT2D eigenvalue weighted by Crippen LogP contribution is 2.38. The fraction of sp³-hybridized carbons (Fsp3) is 0.412. The highest BCUT2D eigenvalue weighted by molar-refractivity contribution is 7.12. The summed E-state index contributed by atoms with van der Waals surface area (Å²) in [5, 5.41) is 7.89. The molecule has 1 saturated carbocycles. The monoisotopic (exact) mass is 345 g/mol. The highest BCUT2D eigenvalue weighted by Gasteiger charge is 2.47. The van der Waals surface area contributed by atoms with Crippen molar-refractivity contribution in [2.45, 2.75) is 31.5 Å². The normalized spacial score (nSPS) is 25.0. The standard InChI is InChI=1S/C17H19N3O3S/c21-16(15-4-2-6-24-15)19-13-7-11-8-14(13)20(10-11)17(22)18-9-12-3-1-5-23-12/h1-6,11,13-14H,7-10H2,(H,18,22)(H,19,21)/t11-,13+,14-/m1/s1. The minimum absolute atomic E-state index is 0.0349. The predicted octanol–water partition coefficient (Wildman–Crippen LogP) is 2.44. The van der Waals surface area contributed by atoms with Gasteiger partial charge in [0.25, 0.3) is 5.91 Å². The number of nitrogens with one attached hydrogen (secondary N) is 2. The van der Waals surface area contributed by atoms with Crippen molar-refractivity contribution >= 4 is 23.3 Å². The summed E-state index contributed by atoms with van der Waals surface area (Å²) in [6.07, 6.45) is 3.50. The SMILES string of the molecule is O=C(N[C@H]1C[C@@H]2C[C@H]1N(C(=O)NCc1ccco1)C2)c1cccs1. The van der Waals surface area contributed by atoms with Crippen molar-refractivity contribution in [2.24, 2.45) is 5.92 Å². The number of nitrogens with zero attached hydrogens (tertiary/aromatic N) is 1. The minimum Gasteiger partial charge on any atom is -0.467 e. The van der Waals surface area contributed by atoms with Gasteiger partial charge < -0.3 is 20.0 Å². The van der Waals surface area contributed by atoms with E-state index < -0.39 is 0 Å². The van der Waals surface area contributed by atoms with Gasteiger partial charge in [0.2, 0.25) is 0 Å². The largest absolute Gasteiger partial charge is 0.467 e. The fourth-order valence-electron chi connectivity index (χ4n) is 3.74. The zero-order valence-electron chi connectivity index (χ0n) is 13.1. The van der Waals surface area contributed by atoms with E-state index >= 15 is 0 Å². The van der Waals surface area contributed by atoms with Gasteiger partial charge in [0.15, 0.2) is 0 Å². The molecule has 126 valence electrons. The number of carbonyl (C=O) groups excluding carboxylic acids is 2. The number of piperidine rings is 1. The molecule has 2 bridgehead atoms. The zero-order chi connectivity index (χ0) is 16.5. The van der Waals surface area contributed by atoms with E-state index in [0.717, 1.165) is 25.1 Å². The zero-order valence-corrected chi connectivity index (χ0v) is 13.9. The first-order valence-corrected chi connectivity index (χ1v) is 9.00. The Labute approximate surface area is 143 Å². The Hall–Kier alpha value is -2.28. The average molecular weight is 345 g/mol. The summed E-state index contributed by atoms with van der Waals surface area (Å²) >= 11 is 1.43. The molecule has 2 aromatic heterocycles. The maximum Gasteiger partial charge on any atom is 0.318 e. The van der Waals surface area contributed by atoms with E-state index in [2.05, 4.69) is 10.6 Å². The van der Waals surface area contributed by atoms with Gasteiger partial charge in [0, 0.05) is 6.54 Å². The Kier molecular flexibility index (Phi) is 4.02. The third-order valence-corrected chi connectivity index (χ3v) is 5.67. The summed E-state index contributed by atoms with van der Waals surface area (Å²) in [7, 11) is 0. The van der Waals surface area contributed by atoms with Crippen LogP contribution in [0.15, 0.2) is 40.3 Å². The minimum atomic E-state index is -0.0889. The molecule has 7 heteroatoms. The van der Waals surface area contributed by atoms with E-state index in [1.807, 2.05) is 28.5 Å². The first kappa shape index (κ1) is 15.3. The number of fused-ring (bicyclic) bond motifs is 2. The molecular weight excluding hydrogens is 326 g/mol. The lowest BCUT2D eigenvalue weighted by Gasteiger charge is -2.33. The predicted molar refractivity (Wildman–Crippen MR) is 89.7 cm³/mol. The second-order valence-electron chi connectivity index (χ2n) is 6.35. The number of hydrogen-bond donors (Lipinski definition) is 2. The van der Waals surface area contributed by atoms with Crippen molar-refractivity contribution in [3.05, 3.63) is 46.5 Å². The number of likely N-dealkylation sites (tertiary alicyclic amines) is 1. The molecule has 2 aromatic rings. The van der Waals surface area contributed by atoms with Crippen LogP contribution in [0.1, 0.15) is 28.3 Å². The van der Waals surface area contributed by atoms with Gasteiger partial charge >= 0.3 is 6.03 Å². The van der Waals surface area contributed by atoms with E-state index in [1.54, 1.807) is 12.3 Å². The molecule has 1 saturated heterocycles. The van der Waals surface area contributed by atoms with Crippen LogP contribution in [0.5, 0.6) is 0 Å². The van der Waals surface area contributed by atoms with E-state index in [0.29, 0.717) is 17.3 Å². The molecule has 4 rings (SSSR count). The number of amides is 3.